The molecule has 4 nitrogen and oxygen atoms in total. The quantitative estimate of drug-likeness (QED) is 0.376. The fraction of sp³-hybridized carbons (Fsp3) is 0.417. The van der Waals surface area contributed by atoms with Crippen LogP contribution in [0.1, 0.15) is 19.4 Å². The van der Waals surface area contributed by atoms with E-state index in [0.29, 0.717) is 16.5 Å². The highest BCUT2D eigenvalue weighted by Crippen LogP contribution is 2.24. The molecule has 0 aliphatic heterocycles. The Morgan fingerprint density at radius 3 is 2.71 bits per heavy atom. The average Bonchev–Trinajstić information content (AvgIpc) is 2.27. The van der Waals surface area contributed by atoms with Crippen LogP contribution in [-0.2, 0) is 0 Å². The molecule has 0 aromatic heterocycles. The maximum atomic E-state index is 8.76. The zero-order valence-electron chi connectivity index (χ0n) is 10.3. The van der Waals surface area contributed by atoms with E-state index < -0.39 is 0 Å². The summed E-state index contributed by atoms with van der Waals surface area (Å²) in [6, 6.07) is 5.29. The number of amidine groups is 1. The molecule has 1 rings (SSSR count). The van der Waals surface area contributed by atoms with Gasteiger partial charge in [-0.2, -0.15) is 0 Å². The lowest BCUT2D eigenvalue weighted by Crippen LogP contribution is -2.26. The number of hydrogen-bond acceptors (Lipinski definition) is 3. The van der Waals surface area contributed by atoms with Gasteiger partial charge in [-0.15, -0.1) is 0 Å². The number of oxime groups is 1. The van der Waals surface area contributed by atoms with Crippen molar-refractivity contribution in [3.63, 3.8) is 0 Å². The van der Waals surface area contributed by atoms with E-state index in [9.17, 15) is 0 Å². The van der Waals surface area contributed by atoms with E-state index in [0.717, 1.165) is 12.2 Å². The van der Waals surface area contributed by atoms with Gasteiger partial charge in [0.1, 0.15) is 0 Å². The molecule has 0 aliphatic carbocycles. The van der Waals surface area contributed by atoms with Gasteiger partial charge < -0.3 is 15.8 Å². The molecular formula is C12H18ClN3O. The average molecular weight is 256 g/mol. The smallest absolute Gasteiger partial charge is 0.172 e. The van der Waals surface area contributed by atoms with Crippen LogP contribution >= 0.6 is 11.6 Å². The van der Waals surface area contributed by atoms with Crippen molar-refractivity contribution in [2.45, 2.75) is 13.8 Å². The molecule has 17 heavy (non-hydrogen) atoms. The van der Waals surface area contributed by atoms with Crippen LogP contribution in [-0.4, -0.2) is 24.6 Å². The SMILES string of the molecule is CC(C)CN(C)c1cc(Cl)ccc1C(N)=NO. The number of anilines is 1. The summed E-state index contributed by atoms with van der Waals surface area (Å²) < 4.78 is 0. The Labute approximate surface area is 107 Å². The van der Waals surface area contributed by atoms with Gasteiger partial charge in [0.05, 0.1) is 0 Å². The van der Waals surface area contributed by atoms with Gasteiger partial charge in [-0.25, -0.2) is 0 Å². The van der Waals surface area contributed by atoms with E-state index in [1.54, 1.807) is 12.1 Å². The van der Waals surface area contributed by atoms with Crippen LogP contribution in [0.15, 0.2) is 23.4 Å². The van der Waals surface area contributed by atoms with Crippen LogP contribution in [0, 0.1) is 5.92 Å². The summed E-state index contributed by atoms with van der Waals surface area (Å²) in [4.78, 5) is 2.05. The van der Waals surface area contributed by atoms with Gasteiger partial charge in [0.15, 0.2) is 5.84 Å². The molecule has 0 saturated carbocycles. The van der Waals surface area contributed by atoms with Crippen LogP contribution in [0.5, 0.6) is 0 Å². The van der Waals surface area contributed by atoms with Crippen molar-refractivity contribution < 1.29 is 5.21 Å². The number of nitrogens with zero attached hydrogens (tertiary/aromatic N) is 2. The third kappa shape index (κ3) is 3.53. The van der Waals surface area contributed by atoms with E-state index >= 15 is 0 Å². The maximum Gasteiger partial charge on any atom is 0.172 e. The predicted molar refractivity (Wildman–Crippen MR) is 72.1 cm³/mol. The second-order valence-electron chi connectivity index (χ2n) is 4.42. The van der Waals surface area contributed by atoms with Crippen LogP contribution in [0.2, 0.25) is 5.02 Å². The minimum atomic E-state index is 0.0901. The zero-order chi connectivity index (χ0) is 13.0. The summed E-state index contributed by atoms with van der Waals surface area (Å²) in [5.74, 6) is 0.603. The Kier molecular flexibility index (Phi) is 4.63. The largest absolute Gasteiger partial charge is 0.409 e. The highest BCUT2D eigenvalue weighted by atomic mass is 35.5. The van der Waals surface area contributed by atoms with Crippen molar-refractivity contribution in [1.82, 2.24) is 0 Å². The highest BCUT2D eigenvalue weighted by Gasteiger charge is 2.12. The van der Waals surface area contributed by atoms with Crippen LogP contribution in [0.25, 0.3) is 0 Å². The van der Waals surface area contributed by atoms with Gasteiger partial charge in [-0.1, -0.05) is 30.6 Å². The van der Waals surface area contributed by atoms with Gasteiger partial charge in [0.25, 0.3) is 0 Å². The Balaban J connectivity index is 3.15. The first-order valence-corrected chi connectivity index (χ1v) is 5.82. The van der Waals surface area contributed by atoms with Crippen molar-refractivity contribution in [3.8, 4) is 0 Å². The van der Waals surface area contributed by atoms with Gasteiger partial charge in [-0.05, 0) is 24.1 Å². The summed E-state index contributed by atoms with van der Waals surface area (Å²) in [5.41, 5.74) is 7.19. The molecule has 3 N–H and O–H groups in total. The minimum Gasteiger partial charge on any atom is -0.409 e. The summed E-state index contributed by atoms with van der Waals surface area (Å²) in [5, 5.41) is 12.4. The number of benzene rings is 1. The molecule has 0 saturated heterocycles. The summed E-state index contributed by atoms with van der Waals surface area (Å²) >= 11 is 5.98. The first-order chi connectivity index (χ1) is 7.95. The fourth-order valence-electron chi connectivity index (χ4n) is 1.74. The van der Waals surface area contributed by atoms with Crippen LogP contribution < -0.4 is 10.6 Å². The van der Waals surface area contributed by atoms with Gasteiger partial charge in [0, 0.05) is 29.9 Å². The first-order valence-electron chi connectivity index (χ1n) is 5.44. The van der Waals surface area contributed by atoms with Crippen molar-refractivity contribution >= 4 is 23.1 Å². The van der Waals surface area contributed by atoms with Crippen molar-refractivity contribution in [3.05, 3.63) is 28.8 Å². The van der Waals surface area contributed by atoms with E-state index in [1.807, 2.05) is 18.0 Å². The van der Waals surface area contributed by atoms with Gasteiger partial charge >= 0.3 is 0 Å². The molecular weight excluding hydrogens is 238 g/mol. The molecule has 1 aromatic rings. The van der Waals surface area contributed by atoms with Crippen molar-refractivity contribution in [1.29, 1.82) is 0 Å². The lowest BCUT2D eigenvalue weighted by atomic mass is 10.1. The van der Waals surface area contributed by atoms with E-state index in [-0.39, 0.29) is 5.84 Å². The number of hydrogen-bond donors (Lipinski definition) is 2. The second-order valence-corrected chi connectivity index (χ2v) is 4.86. The maximum absolute atomic E-state index is 8.76. The third-order valence-electron chi connectivity index (χ3n) is 2.39. The van der Waals surface area contributed by atoms with Gasteiger partial charge in [0.2, 0.25) is 0 Å². The zero-order valence-corrected chi connectivity index (χ0v) is 11.1. The summed E-state index contributed by atoms with van der Waals surface area (Å²) in [6.45, 7) is 5.13. The third-order valence-corrected chi connectivity index (χ3v) is 2.63. The Morgan fingerprint density at radius 1 is 1.53 bits per heavy atom. The standard InChI is InChI=1S/C12H18ClN3O/c1-8(2)7-16(3)11-6-9(13)4-5-10(11)12(14)15-17/h4-6,8,17H,7H2,1-3H3,(H2,14,15). The molecule has 0 aliphatic rings. The Bertz CT molecular complexity index is 418. The molecule has 0 fully saturated rings. The monoisotopic (exact) mass is 255 g/mol. The van der Waals surface area contributed by atoms with E-state index in [4.69, 9.17) is 22.5 Å². The van der Waals surface area contributed by atoms with Gasteiger partial charge in [-0.3, -0.25) is 0 Å². The molecule has 0 radical (unpaired) electrons. The predicted octanol–water partition coefficient (Wildman–Crippen LogP) is 2.53. The summed E-state index contributed by atoms with van der Waals surface area (Å²) in [6.07, 6.45) is 0. The first kappa shape index (κ1) is 13.6. The molecule has 0 spiro atoms. The normalized spacial score (nSPS) is 11.9. The molecule has 0 bridgehead atoms. The number of nitrogens with two attached hydrogens (primary N) is 1. The lowest BCUT2D eigenvalue weighted by molar-refractivity contribution is 0.318. The topological polar surface area (TPSA) is 61.8 Å². The molecule has 0 atom stereocenters. The van der Waals surface area contributed by atoms with E-state index in [2.05, 4.69) is 19.0 Å². The lowest BCUT2D eigenvalue weighted by Gasteiger charge is -2.24. The fourth-order valence-corrected chi connectivity index (χ4v) is 1.90. The molecule has 0 unspecified atom stereocenters. The Hall–Kier alpha value is -1.42. The van der Waals surface area contributed by atoms with Crippen LogP contribution in [0.3, 0.4) is 0 Å². The van der Waals surface area contributed by atoms with Crippen molar-refractivity contribution in [2.75, 3.05) is 18.5 Å². The molecule has 1 aromatic carbocycles. The molecule has 5 heteroatoms. The number of halogens is 1. The molecule has 0 heterocycles. The van der Waals surface area contributed by atoms with E-state index in [1.165, 1.54) is 0 Å². The molecule has 94 valence electrons. The van der Waals surface area contributed by atoms with Crippen molar-refractivity contribution in [2.24, 2.45) is 16.8 Å². The highest BCUT2D eigenvalue weighted by molar-refractivity contribution is 6.31. The summed E-state index contributed by atoms with van der Waals surface area (Å²) in [7, 11) is 1.96. The second kappa shape index (κ2) is 5.77. The minimum absolute atomic E-state index is 0.0901. The number of rotatable bonds is 4. The molecule has 0 amide bonds. The Morgan fingerprint density at radius 2 is 2.18 bits per heavy atom. The van der Waals surface area contributed by atoms with Crippen LogP contribution in [0.4, 0.5) is 5.69 Å².